The molecule has 1 amide bonds. The van der Waals surface area contributed by atoms with Gasteiger partial charge in [0.05, 0.1) is 5.69 Å². The number of nitrogens with one attached hydrogen (secondary N) is 3. The number of aryl methyl sites for hydroxylation is 1. The number of hydrogen-bond donors (Lipinski definition) is 3. The predicted molar refractivity (Wildman–Crippen MR) is 120 cm³/mol. The molecule has 0 atom stereocenters. The molecule has 1 aromatic carbocycles. The summed E-state index contributed by atoms with van der Waals surface area (Å²) in [6.45, 7) is 7.54. The highest BCUT2D eigenvalue weighted by Gasteiger charge is 2.18. The number of anilines is 2. The van der Waals surface area contributed by atoms with Gasteiger partial charge in [0.15, 0.2) is 11.3 Å². The van der Waals surface area contributed by atoms with Gasteiger partial charge in [-0.2, -0.15) is 0 Å². The Bertz CT molecular complexity index is 1010. The number of carbonyl (C=O) groups excluding carboxylic acids is 1. The first kappa shape index (κ1) is 20.2. The fourth-order valence-electron chi connectivity index (χ4n) is 3.91. The van der Waals surface area contributed by atoms with Crippen LogP contribution in [0, 0.1) is 0 Å². The van der Waals surface area contributed by atoms with Crippen LogP contribution in [0.25, 0.3) is 11.0 Å². The maximum Gasteiger partial charge on any atom is 0.274 e. The molecular formula is C22H29N7O. The number of nitrogens with zero attached hydrogens (tertiary/aromatic N) is 4. The van der Waals surface area contributed by atoms with Crippen LogP contribution in [0.2, 0.25) is 0 Å². The third-order valence-corrected chi connectivity index (χ3v) is 5.61. The lowest BCUT2D eigenvalue weighted by molar-refractivity contribution is 0.0949. The largest absolute Gasteiger partial charge is 0.386 e. The van der Waals surface area contributed by atoms with Gasteiger partial charge in [-0.15, -0.1) is 10.2 Å². The van der Waals surface area contributed by atoms with Gasteiger partial charge in [-0.3, -0.25) is 4.79 Å². The van der Waals surface area contributed by atoms with Crippen molar-refractivity contribution >= 4 is 28.3 Å². The van der Waals surface area contributed by atoms with Crippen LogP contribution in [0.5, 0.6) is 0 Å². The number of benzene rings is 1. The van der Waals surface area contributed by atoms with E-state index in [0.29, 0.717) is 17.9 Å². The van der Waals surface area contributed by atoms with Gasteiger partial charge in [0.25, 0.3) is 5.91 Å². The van der Waals surface area contributed by atoms with Crippen molar-refractivity contribution in [3.8, 4) is 0 Å². The molecule has 0 unspecified atom stereocenters. The second-order valence-electron chi connectivity index (χ2n) is 7.42. The first-order chi connectivity index (χ1) is 14.7. The minimum Gasteiger partial charge on any atom is -0.386 e. The number of hydrogen-bond acceptors (Lipinski definition) is 6. The molecule has 4 rings (SSSR count). The zero-order valence-electron chi connectivity index (χ0n) is 17.6. The van der Waals surface area contributed by atoms with Crippen LogP contribution in [-0.4, -0.2) is 60.4 Å². The van der Waals surface area contributed by atoms with Crippen LogP contribution in [0.4, 0.5) is 11.4 Å². The van der Waals surface area contributed by atoms with Crippen molar-refractivity contribution < 1.29 is 4.79 Å². The second kappa shape index (κ2) is 9.13. The van der Waals surface area contributed by atoms with Gasteiger partial charge in [0, 0.05) is 63.6 Å². The second-order valence-corrected chi connectivity index (χ2v) is 7.42. The van der Waals surface area contributed by atoms with Gasteiger partial charge < -0.3 is 25.4 Å². The highest BCUT2D eigenvalue weighted by atomic mass is 16.1. The summed E-state index contributed by atoms with van der Waals surface area (Å²) in [4.78, 5) is 15.1. The molecule has 8 nitrogen and oxygen atoms in total. The Morgan fingerprint density at radius 2 is 1.90 bits per heavy atom. The molecular weight excluding hydrogens is 378 g/mol. The summed E-state index contributed by atoms with van der Waals surface area (Å²) in [6.07, 6.45) is 2.73. The van der Waals surface area contributed by atoms with Crippen LogP contribution in [-0.2, 0) is 13.0 Å². The number of amides is 1. The molecule has 0 saturated carbocycles. The quantitative estimate of drug-likeness (QED) is 0.554. The van der Waals surface area contributed by atoms with E-state index in [0.717, 1.165) is 50.2 Å². The molecule has 3 aromatic rings. The van der Waals surface area contributed by atoms with Gasteiger partial charge in [-0.25, -0.2) is 0 Å². The maximum absolute atomic E-state index is 12.7. The standard InChI is InChI=1S/C22H29N7O/c1-3-28-13-9-18-19(23-2)20(26-27-21(18)28)22(30)25-10-8-16-4-6-17(7-5-16)29-14-11-24-12-15-29/h4-7,9,13,24H,3,8,10-12,14-15H2,1-2H3,(H,23,27)(H,25,30). The van der Waals surface area contributed by atoms with E-state index in [4.69, 9.17) is 0 Å². The van der Waals surface area contributed by atoms with E-state index < -0.39 is 0 Å². The summed E-state index contributed by atoms with van der Waals surface area (Å²) >= 11 is 0. The lowest BCUT2D eigenvalue weighted by atomic mass is 10.1. The lowest BCUT2D eigenvalue weighted by Gasteiger charge is -2.29. The van der Waals surface area contributed by atoms with Crippen molar-refractivity contribution in [3.05, 3.63) is 47.8 Å². The Kier molecular flexibility index (Phi) is 6.13. The van der Waals surface area contributed by atoms with Crippen molar-refractivity contribution in [1.29, 1.82) is 0 Å². The van der Waals surface area contributed by atoms with E-state index in [9.17, 15) is 4.79 Å². The number of piperazine rings is 1. The number of carbonyl (C=O) groups is 1. The predicted octanol–water partition coefficient (Wildman–Crippen LogP) is 1.87. The van der Waals surface area contributed by atoms with E-state index in [1.165, 1.54) is 11.3 Å². The Morgan fingerprint density at radius 1 is 1.13 bits per heavy atom. The highest BCUT2D eigenvalue weighted by molar-refractivity contribution is 6.04. The normalized spacial score (nSPS) is 14.1. The molecule has 8 heteroatoms. The maximum atomic E-state index is 12.7. The van der Waals surface area contributed by atoms with Crippen LogP contribution >= 0.6 is 0 Å². The topological polar surface area (TPSA) is 87.1 Å². The molecule has 158 valence electrons. The van der Waals surface area contributed by atoms with Gasteiger partial charge in [0.2, 0.25) is 0 Å². The summed E-state index contributed by atoms with van der Waals surface area (Å²) in [5.74, 6) is -0.213. The summed E-state index contributed by atoms with van der Waals surface area (Å²) in [5, 5.41) is 18.8. The van der Waals surface area contributed by atoms with E-state index in [-0.39, 0.29) is 5.91 Å². The molecule has 3 heterocycles. The number of fused-ring (bicyclic) bond motifs is 1. The summed E-state index contributed by atoms with van der Waals surface area (Å²) in [5.41, 5.74) is 4.27. The van der Waals surface area contributed by atoms with Crippen molar-refractivity contribution in [1.82, 2.24) is 25.4 Å². The van der Waals surface area contributed by atoms with Crippen LogP contribution in [0.15, 0.2) is 36.5 Å². The number of aromatic nitrogens is 3. The first-order valence-corrected chi connectivity index (χ1v) is 10.6. The summed E-state index contributed by atoms with van der Waals surface area (Å²) in [7, 11) is 1.80. The van der Waals surface area contributed by atoms with E-state index in [1.54, 1.807) is 7.05 Å². The Morgan fingerprint density at radius 3 is 2.60 bits per heavy atom. The zero-order chi connectivity index (χ0) is 20.9. The lowest BCUT2D eigenvalue weighted by Crippen LogP contribution is -2.43. The minimum absolute atomic E-state index is 0.213. The monoisotopic (exact) mass is 407 g/mol. The third kappa shape index (κ3) is 4.09. The minimum atomic E-state index is -0.213. The van der Waals surface area contributed by atoms with E-state index in [1.807, 2.05) is 16.8 Å². The van der Waals surface area contributed by atoms with Crippen LogP contribution in [0.3, 0.4) is 0 Å². The van der Waals surface area contributed by atoms with Crippen molar-refractivity contribution in [3.63, 3.8) is 0 Å². The van der Waals surface area contributed by atoms with Gasteiger partial charge in [-0.1, -0.05) is 12.1 Å². The Hall–Kier alpha value is -3.13. The molecule has 0 aliphatic carbocycles. The van der Waals surface area contributed by atoms with Crippen LogP contribution < -0.4 is 20.9 Å². The van der Waals surface area contributed by atoms with Crippen molar-refractivity contribution in [2.24, 2.45) is 0 Å². The molecule has 0 radical (unpaired) electrons. The molecule has 1 fully saturated rings. The van der Waals surface area contributed by atoms with Crippen LogP contribution in [0.1, 0.15) is 23.0 Å². The molecule has 0 spiro atoms. The fourth-order valence-corrected chi connectivity index (χ4v) is 3.91. The average Bonchev–Trinajstić information content (AvgIpc) is 3.22. The smallest absolute Gasteiger partial charge is 0.274 e. The number of rotatable bonds is 7. The van der Waals surface area contributed by atoms with Gasteiger partial charge >= 0.3 is 0 Å². The van der Waals surface area contributed by atoms with Crippen molar-refractivity contribution in [2.45, 2.75) is 19.9 Å². The summed E-state index contributed by atoms with van der Waals surface area (Å²) < 4.78 is 2.01. The molecule has 30 heavy (non-hydrogen) atoms. The SMILES string of the molecule is CCn1ccc2c(NC)c(C(=O)NCCc3ccc(N4CCNCC4)cc3)nnc21. The molecule has 1 aliphatic heterocycles. The highest BCUT2D eigenvalue weighted by Crippen LogP contribution is 2.25. The Labute approximate surface area is 176 Å². The van der Waals surface area contributed by atoms with E-state index >= 15 is 0 Å². The fraction of sp³-hybridized carbons (Fsp3) is 0.409. The molecule has 0 bridgehead atoms. The average molecular weight is 408 g/mol. The molecule has 1 aliphatic rings. The van der Waals surface area contributed by atoms with Crippen molar-refractivity contribution in [2.75, 3.05) is 50.0 Å². The Balaban J connectivity index is 1.38. The zero-order valence-corrected chi connectivity index (χ0v) is 17.6. The first-order valence-electron chi connectivity index (χ1n) is 10.6. The molecule has 1 saturated heterocycles. The van der Waals surface area contributed by atoms with E-state index in [2.05, 4.69) is 62.2 Å². The third-order valence-electron chi connectivity index (χ3n) is 5.61. The summed E-state index contributed by atoms with van der Waals surface area (Å²) in [6, 6.07) is 10.6. The van der Waals surface area contributed by atoms with Gasteiger partial charge in [-0.05, 0) is 37.1 Å². The van der Waals surface area contributed by atoms with Gasteiger partial charge in [0.1, 0.15) is 0 Å². The molecule has 3 N–H and O–H groups in total. The molecule has 2 aromatic heterocycles.